The van der Waals surface area contributed by atoms with Crippen molar-refractivity contribution in [1.29, 1.82) is 0 Å². The molecule has 1 heterocycles. The number of nitrogens with two attached hydrogens (primary N) is 2. The third-order valence-electron chi connectivity index (χ3n) is 8.44. The molecule has 0 aliphatic rings. The van der Waals surface area contributed by atoms with Crippen LogP contribution in [0.4, 0.5) is 0 Å². The van der Waals surface area contributed by atoms with E-state index in [4.69, 9.17) is 27.9 Å². The van der Waals surface area contributed by atoms with Crippen LogP contribution in [0, 0.1) is 20.2 Å². The van der Waals surface area contributed by atoms with E-state index in [0.29, 0.717) is 40.5 Å². The van der Waals surface area contributed by atoms with Crippen LogP contribution < -0.4 is 11.6 Å². The van der Waals surface area contributed by atoms with Gasteiger partial charge in [-0.25, -0.2) is 15.6 Å². The first kappa shape index (κ1) is 40.3. The predicted octanol–water partition coefficient (Wildman–Crippen LogP) is 6.00. The number of hydrazone groups is 1. The lowest BCUT2D eigenvalue weighted by Gasteiger charge is -2.15. The fourth-order valence-electron chi connectivity index (χ4n) is 5.69. The number of carbonyl (C=O) groups is 2. The van der Waals surface area contributed by atoms with Crippen LogP contribution in [0.3, 0.4) is 0 Å². The second kappa shape index (κ2) is 19.0. The van der Waals surface area contributed by atoms with Crippen molar-refractivity contribution in [3.8, 4) is 11.1 Å². The molecule has 4 aromatic carbocycles. The van der Waals surface area contributed by atoms with Gasteiger partial charge in [0.05, 0.1) is 11.3 Å². The lowest BCUT2D eigenvalue weighted by atomic mass is 9.98. The van der Waals surface area contributed by atoms with Gasteiger partial charge < -0.3 is 24.7 Å². The molecule has 5 rings (SSSR count). The molecule has 4 N–H and O–H groups in total. The van der Waals surface area contributed by atoms with Gasteiger partial charge in [0.2, 0.25) is 0 Å². The SMILES string of the molecule is CCCCc1nc(Cl)c(COC(=O)c2cccc(CO[N+](=O)[O-])c2)n1Cc1ccc(-c2ccccc2/C(N)=N/N(N)C(=O)c2cccc(CO[N+](=O)[O-])c2)cc1. The van der Waals surface area contributed by atoms with Gasteiger partial charge in [-0.3, -0.25) is 4.79 Å². The Morgan fingerprint density at radius 1 is 0.857 bits per heavy atom. The van der Waals surface area contributed by atoms with Crippen molar-refractivity contribution >= 4 is 29.3 Å². The van der Waals surface area contributed by atoms with Crippen LogP contribution in [-0.4, -0.2) is 42.6 Å². The van der Waals surface area contributed by atoms with Crippen molar-refractivity contribution in [2.24, 2.45) is 16.7 Å². The summed E-state index contributed by atoms with van der Waals surface area (Å²) in [7, 11) is 0. The molecule has 0 radical (unpaired) electrons. The molecule has 290 valence electrons. The summed E-state index contributed by atoms with van der Waals surface area (Å²) >= 11 is 6.61. The maximum absolute atomic E-state index is 13.0. The van der Waals surface area contributed by atoms with Crippen LogP contribution in [-0.2, 0) is 47.2 Å². The number of ether oxygens (including phenoxy) is 1. The maximum Gasteiger partial charge on any atom is 0.338 e. The first-order chi connectivity index (χ1) is 26.9. The molecule has 18 heteroatoms. The maximum atomic E-state index is 13.0. The predicted molar refractivity (Wildman–Crippen MR) is 203 cm³/mol. The molecule has 0 unspecified atom stereocenters. The van der Waals surface area contributed by atoms with Crippen LogP contribution in [0.15, 0.2) is 102 Å². The number of unbranched alkanes of at least 4 members (excludes halogenated alkanes) is 1. The number of amidine groups is 1. The van der Waals surface area contributed by atoms with E-state index in [1.54, 1.807) is 36.4 Å². The Hall–Kier alpha value is -6.85. The van der Waals surface area contributed by atoms with E-state index < -0.39 is 22.0 Å². The summed E-state index contributed by atoms with van der Waals surface area (Å²) in [4.78, 5) is 60.6. The average Bonchev–Trinajstić information content (AvgIpc) is 3.49. The summed E-state index contributed by atoms with van der Waals surface area (Å²) in [5, 5.41) is 24.3. The van der Waals surface area contributed by atoms with E-state index in [2.05, 4.69) is 26.7 Å². The smallest absolute Gasteiger partial charge is 0.338 e. The van der Waals surface area contributed by atoms with Crippen LogP contribution >= 0.6 is 11.6 Å². The Morgan fingerprint density at radius 3 is 2.12 bits per heavy atom. The molecule has 0 saturated carbocycles. The van der Waals surface area contributed by atoms with E-state index in [1.165, 1.54) is 24.3 Å². The summed E-state index contributed by atoms with van der Waals surface area (Å²) in [6.45, 7) is 1.62. The number of amides is 1. The zero-order chi connectivity index (χ0) is 40.2. The number of aryl methyl sites for hydroxylation is 1. The number of esters is 1. The van der Waals surface area contributed by atoms with Gasteiger partial charge in [0.15, 0.2) is 11.0 Å². The third kappa shape index (κ3) is 10.6. The molecule has 0 aliphatic heterocycles. The highest BCUT2D eigenvalue weighted by Crippen LogP contribution is 2.27. The first-order valence-electron chi connectivity index (χ1n) is 17.2. The summed E-state index contributed by atoms with van der Waals surface area (Å²) in [6, 6.07) is 27.1. The normalized spacial score (nSPS) is 11.2. The van der Waals surface area contributed by atoms with Gasteiger partial charge in [-0.15, -0.1) is 25.3 Å². The largest absolute Gasteiger partial charge is 0.456 e. The second-order valence-corrected chi connectivity index (χ2v) is 12.7. The Labute approximate surface area is 325 Å². The lowest BCUT2D eigenvalue weighted by Crippen LogP contribution is -2.35. The second-order valence-electron chi connectivity index (χ2n) is 12.3. The fraction of sp³-hybridized carbons (Fsp3) is 0.211. The highest BCUT2D eigenvalue weighted by atomic mass is 35.5. The number of halogens is 1. The number of imidazole rings is 1. The number of benzene rings is 4. The monoisotopic (exact) mass is 784 g/mol. The summed E-state index contributed by atoms with van der Waals surface area (Å²) in [5.41, 5.74) is 11.0. The fourth-order valence-corrected chi connectivity index (χ4v) is 5.94. The molecule has 1 amide bonds. The molecule has 0 fully saturated rings. The zero-order valence-corrected chi connectivity index (χ0v) is 30.8. The van der Waals surface area contributed by atoms with Crippen molar-refractivity contribution < 1.29 is 34.2 Å². The van der Waals surface area contributed by atoms with Crippen molar-refractivity contribution in [1.82, 2.24) is 14.7 Å². The van der Waals surface area contributed by atoms with Crippen LogP contribution in [0.1, 0.15) is 74.3 Å². The molecule has 0 atom stereocenters. The van der Waals surface area contributed by atoms with Gasteiger partial charge in [0, 0.05) is 24.1 Å². The molecular formula is C38H37ClN8O9. The van der Waals surface area contributed by atoms with Crippen LogP contribution in [0.5, 0.6) is 0 Å². The van der Waals surface area contributed by atoms with Crippen molar-refractivity contribution in [2.45, 2.75) is 52.6 Å². The Morgan fingerprint density at radius 2 is 1.48 bits per heavy atom. The van der Waals surface area contributed by atoms with Crippen molar-refractivity contribution in [3.63, 3.8) is 0 Å². The third-order valence-corrected chi connectivity index (χ3v) is 8.74. The molecule has 5 aromatic rings. The molecule has 0 bridgehead atoms. The number of hydrazine groups is 1. The molecule has 56 heavy (non-hydrogen) atoms. The van der Waals surface area contributed by atoms with Crippen molar-refractivity contribution in [3.05, 3.63) is 167 Å². The van der Waals surface area contributed by atoms with E-state index in [0.717, 1.165) is 35.4 Å². The van der Waals surface area contributed by atoms with Gasteiger partial charge in [0.1, 0.15) is 25.6 Å². The van der Waals surface area contributed by atoms with E-state index in [9.17, 15) is 29.8 Å². The summed E-state index contributed by atoms with van der Waals surface area (Å²) < 4.78 is 7.56. The van der Waals surface area contributed by atoms with Gasteiger partial charge in [-0.05, 0) is 58.5 Å². The highest BCUT2D eigenvalue weighted by Gasteiger charge is 2.20. The standard InChI is InChI=1S/C38H37ClN8O9/c1-2-3-14-34-42-35(39)33(24-54-38(49)30-11-7-9-27(20-30)23-56-47(52)53)44(34)21-25-15-17-28(18-16-25)31-12-4-5-13-32(31)36(40)43-45(41)37(48)29-10-6-8-26(19-29)22-55-46(50)51/h4-13,15-20H,2-3,14,21-24,41H2,1H3,(H2,40,43). The minimum absolute atomic E-state index is 0.0298. The van der Waals surface area contributed by atoms with E-state index >= 15 is 0 Å². The van der Waals surface area contributed by atoms with Crippen LogP contribution in [0.2, 0.25) is 5.15 Å². The molecule has 1 aromatic heterocycles. The minimum atomic E-state index is -0.925. The Kier molecular flexibility index (Phi) is 13.7. The number of nitrogens with zero attached hydrogens (tertiary/aromatic N) is 6. The molecular weight excluding hydrogens is 748 g/mol. The molecule has 0 spiro atoms. The number of hydrogen-bond acceptors (Lipinski definition) is 12. The highest BCUT2D eigenvalue weighted by molar-refractivity contribution is 6.30. The Bertz CT molecular complexity index is 2240. The number of aromatic nitrogens is 2. The van der Waals surface area contributed by atoms with E-state index in [1.807, 2.05) is 41.0 Å². The minimum Gasteiger partial charge on any atom is -0.456 e. The van der Waals surface area contributed by atoms with E-state index in [-0.39, 0.29) is 41.9 Å². The number of carbonyl (C=O) groups excluding carboxylic acids is 2. The van der Waals surface area contributed by atoms with Gasteiger partial charge in [0.25, 0.3) is 16.1 Å². The van der Waals surface area contributed by atoms with Gasteiger partial charge in [-0.1, -0.05) is 97.7 Å². The molecule has 17 nitrogen and oxygen atoms in total. The lowest BCUT2D eigenvalue weighted by molar-refractivity contribution is -0.763. The Balaban J connectivity index is 1.32. The molecule has 0 aliphatic carbocycles. The summed E-state index contributed by atoms with van der Waals surface area (Å²) in [5.74, 6) is 5.36. The quantitative estimate of drug-likeness (QED) is 0.0198. The van der Waals surface area contributed by atoms with Crippen LogP contribution in [0.25, 0.3) is 11.1 Å². The average molecular weight is 785 g/mol. The number of rotatable bonds is 18. The zero-order valence-electron chi connectivity index (χ0n) is 30.1. The van der Waals surface area contributed by atoms with Gasteiger partial charge >= 0.3 is 5.97 Å². The number of hydrogen-bond donors (Lipinski definition) is 2. The first-order valence-corrected chi connectivity index (χ1v) is 17.6. The summed E-state index contributed by atoms with van der Waals surface area (Å²) in [6.07, 6.45) is 2.44. The van der Waals surface area contributed by atoms with Gasteiger partial charge in [-0.2, -0.15) is 5.12 Å². The molecule has 0 saturated heterocycles. The topological polar surface area (TPSA) is 234 Å². The van der Waals surface area contributed by atoms with Crippen molar-refractivity contribution in [2.75, 3.05) is 0 Å².